The van der Waals surface area contributed by atoms with Gasteiger partial charge in [0, 0.05) is 31.5 Å². The van der Waals surface area contributed by atoms with Gasteiger partial charge in [0.1, 0.15) is 11.9 Å². The van der Waals surface area contributed by atoms with Crippen molar-refractivity contribution in [2.75, 3.05) is 6.61 Å². The summed E-state index contributed by atoms with van der Waals surface area (Å²) in [6.07, 6.45) is 6.55. The highest BCUT2D eigenvalue weighted by atomic mass is 35.5. The molecule has 19 heavy (non-hydrogen) atoms. The van der Waals surface area contributed by atoms with E-state index in [1.807, 2.05) is 6.20 Å². The van der Waals surface area contributed by atoms with Crippen LogP contribution in [-0.4, -0.2) is 27.2 Å². The molecule has 1 fully saturated rings. The zero-order chi connectivity index (χ0) is 12.5. The van der Waals surface area contributed by atoms with E-state index in [1.165, 1.54) is 6.42 Å². The predicted molar refractivity (Wildman–Crippen MR) is 71.5 cm³/mol. The fourth-order valence-corrected chi connectivity index (χ4v) is 2.90. The summed E-state index contributed by atoms with van der Waals surface area (Å²) in [5.74, 6) is 0.0424. The molecule has 1 saturated heterocycles. The number of rotatable bonds is 2. The number of hydrogen-bond donors (Lipinski definition) is 1. The van der Waals surface area contributed by atoms with Gasteiger partial charge in [-0.15, -0.1) is 12.4 Å². The van der Waals surface area contributed by atoms with E-state index >= 15 is 0 Å². The number of hydrogen-bond acceptors (Lipinski definition) is 3. The number of aromatic nitrogens is 2. The first kappa shape index (κ1) is 14.3. The van der Waals surface area contributed by atoms with Crippen LogP contribution in [0.5, 0.6) is 0 Å². The van der Waals surface area contributed by atoms with Crippen LogP contribution in [-0.2, 0) is 22.5 Å². The molecule has 0 aromatic carbocycles. The van der Waals surface area contributed by atoms with Crippen LogP contribution in [0.4, 0.5) is 0 Å². The minimum atomic E-state index is -0.696. The second-order valence-electron chi connectivity index (χ2n) is 5.14. The molecule has 2 unspecified atom stereocenters. The molecule has 1 aromatic heterocycles. The van der Waals surface area contributed by atoms with E-state index in [-0.39, 0.29) is 24.4 Å². The molecular weight excluding hydrogens is 268 g/mol. The Balaban J connectivity index is 0.00000133. The van der Waals surface area contributed by atoms with Crippen LogP contribution in [0.1, 0.15) is 43.3 Å². The molecule has 0 bridgehead atoms. The third-order valence-electron chi connectivity index (χ3n) is 3.94. The maximum atomic E-state index is 11.0. The van der Waals surface area contributed by atoms with Crippen LogP contribution in [0.2, 0.25) is 0 Å². The summed E-state index contributed by atoms with van der Waals surface area (Å²) < 4.78 is 7.93. The van der Waals surface area contributed by atoms with Crippen molar-refractivity contribution < 1.29 is 14.6 Å². The topological polar surface area (TPSA) is 64.3 Å². The maximum Gasteiger partial charge on any atom is 0.306 e. The minimum Gasteiger partial charge on any atom is -0.481 e. The number of halogens is 1. The highest BCUT2D eigenvalue weighted by Crippen LogP contribution is 2.30. The fraction of sp³-hybridized carbons (Fsp3) is 0.692. The average molecular weight is 287 g/mol. The lowest BCUT2D eigenvalue weighted by Crippen LogP contribution is -2.27. The number of carboxylic acids is 1. The van der Waals surface area contributed by atoms with Crippen LogP contribution in [0.3, 0.4) is 0 Å². The van der Waals surface area contributed by atoms with Crippen LogP contribution in [0, 0.1) is 5.92 Å². The first-order valence-electron chi connectivity index (χ1n) is 6.64. The fourth-order valence-electron chi connectivity index (χ4n) is 2.90. The number of nitrogens with zero attached hydrogens (tertiary/aromatic N) is 2. The molecule has 1 aromatic rings. The Bertz CT molecular complexity index is 455. The molecule has 0 spiro atoms. The normalized spacial score (nSPS) is 26.3. The van der Waals surface area contributed by atoms with E-state index in [4.69, 9.17) is 9.84 Å². The molecule has 2 atom stereocenters. The first-order chi connectivity index (χ1) is 8.75. The molecule has 2 aliphatic heterocycles. The number of aliphatic carboxylic acids is 1. The van der Waals surface area contributed by atoms with Gasteiger partial charge in [0.25, 0.3) is 0 Å². The van der Waals surface area contributed by atoms with Gasteiger partial charge in [0.2, 0.25) is 0 Å². The van der Waals surface area contributed by atoms with Crippen molar-refractivity contribution in [3.63, 3.8) is 0 Å². The van der Waals surface area contributed by atoms with Gasteiger partial charge in [0.15, 0.2) is 0 Å². The van der Waals surface area contributed by atoms with Crippen LogP contribution in [0.25, 0.3) is 0 Å². The third-order valence-corrected chi connectivity index (χ3v) is 3.94. The van der Waals surface area contributed by atoms with E-state index < -0.39 is 5.97 Å². The summed E-state index contributed by atoms with van der Waals surface area (Å²) in [6, 6.07) is 0. The average Bonchev–Trinajstić information content (AvgIpc) is 2.82. The summed E-state index contributed by atoms with van der Waals surface area (Å²) in [5, 5.41) is 9.06. The largest absolute Gasteiger partial charge is 0.481 e. The van der Waals surface area contributed by atoms with Gasteiger partial charge >= 0.3 is 5.97 Å². The summed E-state index contributed by atoms with van der Waals surface area (Å²) in [4.78, 5) is 15.5. The lowest BCUT2D eigenvalue weighted by atomic mass is 9.96. The molecule has 3 heterocycles. The molecule has 0 amide bonds. The van der Waals surface area contributed by atoms with Crippen molar-refractivity contribution in [3.8, 4) is 0 Å². The number of fused-ring (bicyclic) bond motifs is 1. The molecular formula is C13H19ClN2O3. The zero-order valence-electron chi connectivity index (χ0n) is 10.7. The Morgan fingerprint density at radius 2 is 2.26 bits per heavy atom. The van der Waals surface area contributed by atoms with Crippen molar-refractivity contribution in [1.29, 1.82) is 0 Å². The molecule has 6 heteroatoms. The van der Waals surface area contributed by atoms with Crippen molar-refractivity contribution >= 4 is 18.4 Å². The highest BCUT2D eigenvalue weighted by Gasteiger charge is 2.29. The minimum absolute atomic E-state index is 0. The lowest BCUT2D eigenvalue weighted by molar-refractivity contribution is -0.142. The van der Waals surface area contributed by atoms with Gasteiger partial charge in [-0.1, -0.05) is 0 Å². The highest BCUT2D eigenvalue weighted by molar-refractivity contribution is 5.85. The summed E-state index contributed by atoms with van der Waals surface area (Å²) >= 11 is 0. The Labute approximate surface area is 118 Å². The monoisotopic (exact) mass is 286 g/mol. The van der Waals surface area contributed by atoms with E-state index in [1.54, 1.807) is 0 Å². The van der Waals surface area contributed by atoms with Gasteiger partial charge in [0.05, 0.1) is 5.92 Å². The SMILES string of the molecule is Cl.O=C(O)C1CCn2c(cnc2C2CCCCO2)C1. The van der Waals surface area contributed by atoms with Crippen molar-refractivity contribution in [1.82, 2.24) is 9.55 Å². The Morgan fingerprint density at radius 3 is 2.95 bits per heavy atom. The van der Waals surface area contributed by atoms with Gasteiger partial charge < -0.3 is 14.4 Å². The Morgan fingerprint density at radius 1 is 1.42 bits per heavy atom. The second kappa shape index (κ2) is 5.92. The van der Waals surface area contributed by atoms with Gasteiger partial charge in [-0.25, -0.2) is 4.98 Å². The second-order valence-corrected chi connectivity index (χ2v) is 5.14. The molecule has 0 radical (unpaired) electrons. The summed E-state index contributed by atoms with van der Waals surface area (Å²) in [7, 11) is 0. The smallest absolute Gasteiger partial charge is 0.306 e. The number of imidazole rings is 1. The molecule has 1 N–H and O–H groups in total. The van der Waals surface area contributed by atoms with Crippen molar-refractivity contribution in [2.45, 2.75) is 44.8 Å². The zero-order valence-corrected chi connectivity index (χ0v) is 11.6. The summed E-state index contributed by atoms with van der Waals surface area (Å²) in [5.41, 5.74) is 1.04. The van der Waals surface area contributed by atoms with E-state index in [0.717, 1.165) is 37.5 Å². The molecule has 0 saturated carbocycles. The summed E-state index contributed by atoms with van der Waals surface area (Å²) in [6.45, 7) is 1.56. The molecule has 2 aliphatic rings. The van der Waals surface area contributed by atoms with Crippen molar-refractivity contribution in [2.24, 2.45) is 5.92 Å². The standard InChI is InChI=1S/C13H18N2O3.ClH/c16-13(17)9-4-5-15-10(7-9)8-14-12(15)11-3-1-2-6-18-11;/h8-9,11H,1-7H2,(H,16,17);1H. The first-order valence-corrected chi connectivity index (χ1v) is 6.64. The van der Waals surface area contributed by atoms with Gasteiger partial charge in [-0.3, -0.25) is 4.79 Å². The van der Waals surface area contributed by atoms with E-state index in [9.17, 15) is 4.79 Å². The van der Waals surface area contributed by atoms with E-state index in [2.05, 4.69) is 9.55 Å². The lowest BCUT2D eigenvalue weighted by Gasteiger charge is -2.26. The number of ether oxygens (including phenoxy) is 1. The maximum absolute atomic E-state index is 11.0. The van der Waals surface area contributed by atoms with Crippen LogP contribution >= 0.6 is 12.4 Å². The molecule has 0 aliphatic carbocycles. The number of carbonyl (C=O) groups is 1. The molecule has 5 nitrogen and oxygen atoms in total. The molecule has 3 rings (SSSR count). The Kier molecular flexibility index (Phi) is 4.47. The van der Waals surface area contributed by atoms with E-state index in [0.29, 0.717) is 12.8 Å². The Hall–Kier alpha value is -1.07. The van der Waals surface area contributed by atoms with Gasteiger partial charge in [-0.05, 0) is 25.7 Å². The molecule has 106 valence electrons. The van der Waals surface area contributed by atoms with Gasteiger partial charge in [-0.2, -0.15) is 0 Å². The van der Waals surface area contributed by atoms with Crippen LogP contribution < -0.4 is 0 Å². The predicted octanol–water partition coefficient (Wildman–Crippen LogP) is 2.19. The quantitative estimate of drug-likeness (QED) is 0.905. The third kappa shape index (κ3) is 2.77. The van der Waals surface area contributed by atoms with Crippen molar-refractivity contribution in [3.05, 3.63) is 17.7 Å². The number of carboxylic acid groups (broad SMARTS) is 1. The van der Waals surface area contributed by atoms with Crippen LogP contribution in [0.15, 0.2) is 6.20 Å².